The number of carbonyl (C=O) groups is 1. The zero-order valence-electron chi connectivity index (χ0n) is 15.1. The van der Waals surface area contributed by atoms with Crippen molar-refractivity contribution in [2.45, 2.75) is 44.6 Å². The Morgan fingerprint density at radius 1 is 1.38 bits per heavy atom. The van der Waals surface area contributed by atoms with Crippen LogP contribution in [0.25, 0.3) is 0 Å². The van der Waals surface area contributed by atoms with Gasteiger partial charge in [-0.3, -0.25) is 0 Å². The maximum absolute atomic E-state index is 12.6. The maximum atomic E-state index is 12.6. The van der Waals surface area contributed by atoms with Crippen LogP contribution in [0.3, 0.4) is 0 Å². The van der Waals surface area contributed by atoms with E-state index in [4.69, 9.17) is 4.52 Å². The highest BCUT2D eigenvalue weighted by atomic mass is 16.5. The third-order valence-electron chi connectivity index (χ3n) is 4.99. The molecule has 1 aliphatic heterocycles. The molecule has 1 atom stereocenters. The molecule has 0 unspecified atom stereocenters. The fourth-order valence-electron chi connectivity index (χ4n) is 3.35. The van der Waals surface area contributed by atoms with Gasteiger partial charge in [-0.2, -0.15) is 10.2 Å². The van der Waals surface area contributed by atoms with Gasteiger partial charge in [-0.15, -0.1) is 0 Å². The summed E-state index contributed by atoms with van der Waals surface area (Å²) in [5.41, 5.74) is 0.501. The van der Waals surface area contributed by atoms with Crippen molar-refractivity contribution in [2.24, 2.45) is 0 Å². The molecule has 0 saturated carbocycles. The summed E-state index contributed by atoms with van der Waals surface area (Å²) in [6.07, 6.45) is 1.90. The Bertz CT molecular complexity index is 788. The lowest BCUT2D eigenvalue weighted by Crippen LogP contribution is -2.49. The normalized spacial score (nSPS) is 17.3. The number of piperidine rings is 1. The lowest BCUT2D eigenvalue weighted by molar-refractivity contribution is 0.165. The molecule has 1 aromatic carbocycles. The van der Waals surface area contributed by atoms with Crippen LogP contribution >= 0.6 is 0 Å². The average molecular weight is 353 g/mol. The highest BCUT2D eigenvalue weighted by Crippen LogP contribution is 2.35. The van der Waals surface area contributed by atoms with Crippen LogP contribution in [0.2, 0.25) is 0 Å². The van der Waals surface area contributed by atoms with E-state index in [0.29, 0.717) is 44.1 Å². The van der Waals surface area contributed by atoms with Crippen molar-refractivity contribution in [1.82, 2.24) is 20.4 Å². The Labute approximate surface area is 153 Å². The smallest absolute Gasteiger partial charge is 0.318 e. The summed E-state index contributed by atoms with van der Waals surface area (Å²) in [6.45, 7) is 4.77. The summed E-state index contributed by atoms with van der Waals surface area (Å²) in [7, 11) is 0. The van der Waals surface area contributed by atoms with Gasteiger partial charge in [-0.1, -0.05) is 42.4 Å². The van der Waals surface area contributed by atoms with Crippen molar-refractivity contribution in [3.05, 3.63) is 47.6 Å². The maximum Gasteiger partial charge on any atom is 0.318 e. The first-order chi connectivity index (χ1) is 12.6. The van der Waals surface area contributed by atoms with Gasteiger partial charge in [0, 0.05) is 13.1 Å². The molecule has 7 nitrogen and oxygen atoms in total. The van der Waals surface area contributed by atoms with E-state index in [-0.39, 0.29) is 12.1 Å². The third kappa shape index (κ3) is 3.54. The van der Waals surface area contributed by atoms with E-state index in [1.807, 2.05) is 37.3 Å². The molecule has 7 heteroatoms. The monoisotopic (exact) mass is 353 g/mol. The molecule has 2 aromatic rings. The first-order valence-corrected chi connectivity index (χ1v) is 8.90. The lowest BCUT2D eigenvalue weighted by Gasteiger charge is -2.38. The van der Waals surface area contributed by atoms with E-state index in [0.717, 1.165) is 5.56 Å². The van der Waals surface area contributed by atoms with Crippen molar-refractivity contribution in [2.75, 3.05) is 13.1 Å². The number of carbonyl (C=O) groups excluding carboxylic acids is 1. The number of benzene rings is 1. The molecule has 26 heavy (non-hydrogen) atoms. The summed E-state index contributed by atoms with van der Waals surface area (Å²) < 4.78 is 5.18. The molecule has 2 heterocycles. The number of hydrogen-bond donors (Lipinski definition) is 1. The predicted molar refractivity (Wildman–Crippen MR) is 95.1 cm³/mol. The van der Waals surface area contributed by atoms with Gasteiger partial charge in [0.25, 0.3) is 0 Å². The molecule has 0 bridgehead atoms. The Balaban J connectivity index is 1.64. The highest BCUT2D eigenvalue weighted by molar-refractivity contribution is 5.74. The van der Waals surface area contributed by atoms with E-state index in [1.165, 1.54) is 0 Å². The zero-order chi connectivity index (χ0) is 18.6. The second-order valence-corrected chi connectivity index (χ2v) is 6.64. The number of aromatic nitrogens is 2. The van der Waals surface area contributed by atoms with Gasteiger partial charge in [-0.05, 0) is 31.7 Å². The summed E-state index contributed by atoms with van der Waals surface area (Å²) in [5, 5.41) is 16.5. The molecule has 1 saturated heterocycles. The molecule has 1 aromatic heterocycles. The van der Waals surface area contributed by atoms with Crippen LogP contribution in [0.1, 0.15) is 49.5 Å². The van der Waals surface area contributed by atoms with Gasteiger partial charge in [0.05, 0.1) is 11.5 Å². The number of aryl methyl sites for hydroxylation is 1. The first kappa shape index (κ1) is 17.9. The van der Waals surface area contributed by atoms with E-state index in [2.05, 4.69) is 21.5 Å². The molecule has 0 spiro atoms. The second kappa shape index (κ2) is 7.56. The third-order valence-corrected chi connectivity index (χ3v) is 4.99. The number of nitrogens with zero attached hydrogens (tertiary/aromatic N) is 4. The van der Waals surface area contributed by atoms with Crippen LogP contribution in [-0.2, 0) is 5.41 Å². The molecule has 3 rings (SSSR count). The summed E-state index contributed by atoms with van der Waals surface area (Å²) in [6, 6.07) is 11.8. The Morgan fingerprint density at radius 3 is 2.62 bits per heavy atom. The van der Waals surface area contributed by atoms with Crippen LogP contribution < -0.4 is 5.32 Å². The van der Waals surface area contributed by atoms with Crippen LogP contribution in [-0.4, -0.2) is 34.2 Å². The summed E-state index contributed by atoms with van der Waals surface area (Å²) in [4.78, 5) is 18.6. The van der Waals surface area contributed by atoms with Gasteiger partial charge in [0.2, 0.25) is 5.89 Å². The van der Waals surface area contributed by atoms with Crippen molar-refractivity contribution in [1.29, 1.82) is 5.26 Å². The minimum Gasteiger partial charge on any atom is -0.337 e. The standard InChI is InChI=1S/C19H23N5O2/c1-3-16(17-21-14(2)23-26-17)22-18(25)24-11-9-19(13-20,10-12-24)15-7-5-4-6-8-15/h4-8,16H,3,9-12H2,1-2H3,(H,22,25)/t16-/m0/s1. The van der Waals surface area contributed by atoms with Gasteiger partial charge >= 0.3 is 6.03 Å². The molecule has 0 aliphatic carbocycles. The van der Waals surface area contributed by atoms with Crippen molar-refractivity contribution >= 4 is 6.03 Å². The lowest BCUT2D eigenvalue weighted by atomic mass is 9.74. The number of likely N-dealkylation sites (tertiary alicyclic amines) is 1. The molecule has 136 valence electrons. The topological polar surface area (TPSA) is 95.1 Å². The van der Waals surface area contributed by atoms with Gasteiger partial charge in [-0.25, -0.2) is 4.79 Å². The fraction of sp³-hybridized carbons (Fsp3) is 0.474. The number of urea groups is 1. The van der Waals surface area contributed by atoms with E-state index < -0.39 is 5.41 Å². The SMILES string of the molecule is CC[C@H](NC(=O)N1CCC(C#N)(c2ccccc2)CC1)c1nc(C)no1. The summed E-state index contributed by atoms with van der Waals surface area (Å²) >= 11 is 0. The number of nitrogens with one attached hydrogen (secondary N) is 1. The minimum atomic E-state index is -0.522. The van der Waals surface area contributed by atoms with Gasteiger partial charge in [0.15, 0.2) is 5.82 Å². The zero-order valence-corrected chi connectivity index (χ0v) is 15.1. The number of rotatable bonds is 4. The first-order valence-electron chi connectivity index (χ1n) is 8.90. The molecular formula is C19H23N5O2. The quantitative estimate of drug-likeness (QED) is 0.911. The van der Waals surface area contributed by atoms with Crippen molar-refractivity contribution in [3.8, 4) is 6.07 Å². The fourth-order valence-corrected chi connectivity index (χ4v) is 3.35. The Morgan fingerprint density at radius 2 is 2.08 bits per heavy atom. The largest absolute Gasteiger partial charge is 0.337 e. The molecule has 0 radical (unpaired) electrons. The van der Waals surface area contributed by atoms with Gasteiger partial charge < -0.3 is 14.7 Å². The van der Waals surface area contributed by atoms with Gasteiger partial charge in [0.1, 0.15) is 6.04 Å². The van der Waals surface area contributed by atoms with Crippen LogP contribution in [0.15, 0.2) is 34.9 Å². The number of nitriles is 1. The van der Waals surface area contributed by atoms with E-state index >= 15 is 0 Å². The second-order valence-electron chi connectivity index (χ2n) is 6.64. The molecule has 1 N–H and O–H groups in total. The van der Waals surface area contributed by atoms with Crippen LogP contribution in [0.5, 0.6) is 0 Å². The van der Waals surface area contributed by atoms with E-state index in [1.54, 1.807) is 11.8 Å². The van der Waals surface area contributed by atoms with E-state index in [9.17, 15) is 10.1 Å². The molecule has 2 amide bonds. The highest BCUT2D eigenvalue weighted by Gasteiger charge is 2.38. The molecule has 1 aliphatic rings. The predicted octanol–water partition coefficient (Wildman–Crippen LogP) is 3.10. The Kier molecular flexibility index (Phi) is 5.21. The average Bonchev–Trinajstić information content (AvgIpc) is 3.12. The van der Waals surface area contributed by atoms with Crippen LogP contribution in [0, 0.1) is 18.3 Å². The number of hydrogen-bond acceptors (Lipinski definition) is 5. The molecule has 1 fully saturated rings. The van der Waals surface area contributed by atoms with Crippen LogP contribution in [0.4, 0.5) is 4.79 Å². The number of amides is 2. The molecular weight excluding hydrogens is 330 g/mol. The Hall–Kier alpha value is -2.88. The summed E-state index contributed by atoms with van der Waals surface area (Å²) in [5.74, 6) is 0.971. The van der Waals surface area contributed by atoms with Crippen molar-refractivity contribution < 1.29 is 9.32 Å². The van der Waals surface area contributed by atoms with Crippen molar-refractivity contribution in [3.63, 3.8) is 0 Å². The minimum absolute atomic E-state index is 0.160.